The van der Waals surface area contributed by atoms with Crippen molar-refractivity contribution in [2.45, 2.75) is 101 Å². The third-order valence-corrected chi connectivity index (χ3v) is 21.2. The quantitative estimate of drug-likeness (QED) is 0.0463. The van der Waals surface area contributed by atoms with Crippen LogP contribution in [0.15, 0.2) is 63.8 Å². The number of aliphatic hydroxyl groups is 3. The van der Waals surface area contributed by atoms with E-state index >= 15 is 4.79 Å². The summed E-state index contributed by atoms with van der Waals surface area (Å²) in [6.45, 7) is 7.24. The number of aromatic nitrogens is 7. The Balaban J connectivity index is 1.12. The summed E-state index contributed by atoms with van der Waals surface area (Å²) in [5.74, 6) is -7.48. The van der Waals surface area contributed by atoms with Gasteiger partial charge < -0.3 is 90.9 Å². The zero-order valence-corrected chi connectivity index (χ0v) is 57.9. The second-order valence-corrected chi connectivity index (χ2v) is 27.7. The highest BCUT2D eigenvalue weighted by molar-refractivity contribution is 8.14. The van der Waals surface area contributed by atoms with Crippen LogP contribution in [-0.4, -0.2) is 185 Å². The molecule has 8 aromatic rings. The summed E-state index contributed by atoms with van der Waals surface area (Å²) in [7, 11) is 5.37. The number of methoxy groups -OCH3 is 4. The molecule has 0 saturated carbocycles. The van der Waals surface area contributed by atoms with Crippen LogP contribution >= 0.6 is 68.4 Å². The molecule has 10 atom stereocenters. The average Bonchev–Trinajstić information content (AvgIpc) is 1.69. The number of primary amides is 1. The molecular weight excluding hydrogens is 1410 g/mol. The molecule has 3 aliphatic rings. The van der Waals surface area contributed by atoms with E-state index < -0.39 is 131 Å². The third-order valence-electron chi connectivity index (χ3n) is 15.7. The van der Waals surface area contributed by atoms with E-state index in [1.165, 1.54) is 64.5 Å². The lowest BCUT2D eigenvalue weighted by Gasteiger charge is -2.41. The zero-order chi connectivity index (χ0) is 70.8. The van der Waals surface area contributed by atoms with Crippen LogP contribution in [0.25, 0.3) is 49.3 Å². The van der Waals surface area contributed by atoms with Gasteiger partial charge in [0.1, 0.15) is 113 Å². The number of aliphatic hydroxyl groups excluding tert-OH is 3. The number of benzene rings is 1. The number of H-pyrrole nitrogens is 1. The van der Waals surface area contributed by atoms with Gasteiger partial charge in [-0.15, -0.1) is 45.3 Å². The van der Waals surface area contributed by atoms with Crippen LogP contribution in [0, 0.1) is 0 Å². The molecule has 1 saturated heterocycles. The van der Waals surface area contributed by atoms with Gasteiger partial charge in [-0.05, 0) is 38.5 Å². The molecule has 0 unspecified atom stereocenters. The highest BCUT2D eigenvalue weighted by Gasteiger charge is 2.47. The maximum atomic E-state index is 15.6. The predicted octanol–water partition coefficient (Wildman–Crippen LogP) is 4.21. The Morgan fingerprint density at radius 1 is 0.828 bits per heavy atom. The van der Waals surface area contributed by atoms with Gasteiger partial charge in [-0.2, -0.15) is 0 Å². The van der Waals surface area contributed by atoms with Crippen molar-refractivity contribution in [2.24, 2.45) is 5.73 Å². The molecule has 99 heavy (non-hydrogen) atoms. The minimum atomic E-state index is -1.92. The van der Waals surface area contributed by atoms with Crippen molar-refractivity contribution in [1.29, 1.82) is 0 Å². The summed E-state index contributed by atoms with van der Waals surface area (Å²) in [4.78, 5) is 144. The van der Waals surface area contributed by atoms with Gasteiger partial charge in [-0.25, -0.2) is 29.9 Å². The van der Waals surface area contributed by atoms with E-state index in [2.05, 4.69) is 53.1 Å². The molecule has 12 bridgehead atoms. The maximum absolute atomic E-state index is 15.6. The second kappa shape index (κ2) is 30.2. The number of thioether (sulfide) groups is 1. The Labute approximate surface area is 584 Å². The number of rotatable bonds is 12. The van der Waals surface area contributed by atoms with Gasteiger partial charge >= 0.3 is 5.97 Å². The van der Waals surface area contributed by atoms with Gasteiger partial charge in [0.15, 0.2) is 5.69 Å². The van der Waals surface area contributed by atoms with E-state index in [0.29, 0.717) is 33.4 Å². The minimum absolute atomic E-state index is 0.0150. The number of aromatic amines is 1. The normalized spacial score (nSPS) is 22.7. The number of cyclic esters (lactones) is 1. The number of thiazole rings is 5. The third kappa shape index (κ3) is 15.0. The number of pyridine rings is 1. The second-order valence-electron chi connectivity index (χ2n) is 22.2. The number of aromatic hydroxyl groups is 1. The highest BCUT2D eigenvalue weighted by atomic mass is 32.2. The molecule has 0 spiro atoms. The van der Waals surface area contributed by atoms with Crippen LogP contribution in [-0.2, 0) is 56.0 Å². The lowest BCUT2D eigenvalue weighted by molar-refractivity contribution is -0.278. The first kappa shape index (κ1) is 71.3. The lowest BCUT2D eigenvalue weighted by Crippen LogP contribution is -2.59. The van der Waals surface area contributed by atoms with Gasteiger partial charge in [0.2, 0.25) is 22.4 Å². The Kier molecular flexibility index (Phi) is 21.7. The van der Waals surface area contributed by atoms with Crippen LogP contribution in [0.1, 0.15) is 118 Å². The van der Waals surface area contributed by atoms with Crippen molar-refractivity contribution in [1.82, 2.24) is 61.5 Å². The van der Waals surface area contributed by atoms with E-state index in [4.69, 9.17) is 53.8 Å². The molecule has 0 aliphatic carbocycles. The number of fused-ring (bicyclic) bond motifs is 13. The predicted molar refractivity (Wildman–Crippen MR) is 359 cm³/mol. The summed E-state index contributed by atoms with van der Waals surface area (Å²) in [5, 5.41) is 64.7. The van der Waals surface area contributed by atoms with Crippen molar-refractivity contribution < 1.29 is 91.9 Å². The topological polar surface area (TPSA) is 461 Å². The zero-order valence-electron chi connectivity index (χ0n) is 53.1. The summed E-state index contributed by atoms with van der Waals surface area (Å²) >= 11 is 5.04. The molecule has 32 nitrogen and oxygen atoms in total. The Bertz CT molecular complexity index is 4540. The minimum Gasteiger partial charge on any atom is -0.506 e. The first-order valence-corrected chi connectivity index (χ1v) is 34.9. The average molecular weight is 1470 g/mol. The number of esters is 1. The molecule has 1 aromatic carbocycles. The van der Waals surface area contributed by atoms with Gasteiger partial charge in [-0.3, -0.25) is 38.4 Å². The summed E-state index contributed by atoms with van der Waals surface area (Å²) in [5.41, 5.74) is 4.79. The number of ether oxygens (including phenoxy) is 7. The molecule has 1 fully saturated rings. The highest BCUT2D eigenvalue weighted by Crippen LogP contribution is 2.43. The number of nitrogens with two attached hydrogens (primary N) is 1. The number of allylic oxidation sites excluding steroid dienone is 1. The molecule has 38 heteroatoms. The number of carbonyl (C=O) groups is 8. The van der Waals surface area contributed by atoms with Crippen molar-refractivity contribution in [3.63, 3.8) is 0 Å². The van der Waals surface area contributed by atoms with Gasteiger partial charge in [0, 0.05) is 70.6 Å². The fourth-order valence-corrected chi connectivity index (χ4v) is 15.9. The standard InChI is InChI=1S/C61H61N13O19S6/c1-21(48(62)80)63-49(81)30-18-97-57(69-30)42-34(76)12-26-40(70-42)29-16-95-55(66-29)33-20-98-59(86)41-27(15-87-5)37-25(10-9-11-28(37)64-41)14-91-36(78)13-35(77)43(58-74-44(53(85)65-33)61(99-58)93-60-47(90-8)46(89-7)45(79)24(4)92-60)73-51(83)32-19-96-56(68-32)39(23(3)88-6)72-52(84)38(22(2)75)71-50(82)31-17-94-54(26)67-31/h9-12,16-19,22,24,33,35,38,43,45-47,60,64,75-77,79H,1,13-15,20H2,2-8H3,(H2,62,80)(H,63,81)(H,65,85)(H,71,82)(H,72,84)(H,73,83)/b39-23+/t22-,24-,33+,35+,38+,43+,45-,46+,47+,60-/m1/s1. The van der Waals surface area contributed by atoms with Gasteiger partial charge in [0.25, 0.3) is 29.5 Å². The Hall–Kier alpha value is -9.03. The van der Waals surface area contributed by atoms with E-state index in [9.17, 15) is 54.0 Å². The molecule has 10 heterocycles. The van der Waals surface area contributed by atoms with E-state index in [1.807, 2.05) is 0 Å². The van der Waals surface area contributed by atoms with Crippen molar-refractivity contribution in [2.75, 3.05) is 34.2 Å². The van der Waals surface area contributed by atoms with Gasteiger partial charge in [-0.1, -0.05) is 41.8 Å². The summed E-state index contributed by atoms with van der Waals surface area (Å²) < 4.78 is 41.1. The fraction of sp³-hybridized carbons (Fsp3) is 0.344. The number of nitrogens with zero attached hydrogens (tertiary/aromatic N) is 6. The first-order chi connectivity index (χ1) is 47.4. The SMILES string of the molecule is C=C(NC(=O)c1csc(-c2nc3c(cc2O)-c2nc(cs2)C(=O)N[C@@H]([C@@H](C)O)C(=O)N/C(=C(\C)OC)c2nc(cs2)C(=O)N[C@@H]2c4nc(c(O[C@H]5O[C@H](C)[C@@H](O)[C@H](OC)[C@@H]5OC)s4)C(=O)N[C@@H](CSC(=O)c4[nH]c5cccc(c5c4COC)COC(=O)C[C@@H]2O)c2nc-3cs2)n1)C(N)=O. The molecule has 12 N–H and O–H groups in total. The fourth-order valence-electron chi connectivity index (χ4n) is 10.6. The van der Waals surface area contributed by atoms with Crippen LogP contribution in [0.5, 0.6) is 10.8 Å². The molecule has 6 amide bonds. The maximum Gasteiger partial charge on any atom is 0.308 e. The molecule has 520 valence electrons. The van der Waals surface area contributed by atoms with E-state index in [-0.39, 0.29) is 106 Å². The number of hydrogen-bond acceptors (Lipinski definition) is 31. The summed E-state index contributed by atoms with van der Waals surface area (Å²) in [6, 6.07) is 1.64. The monoisotopic (exact) mass is 1470 g/mol. The molecule has 0 radical (unpaired) electrons. The summed E-state index contributed by atoms with van der Waals surface area (Å²) in [6.07, 6.45) is -10.2. The van der Waals surface area contributed by atoms with E-state index in [0.717, 1.165) is 57.1 Å². The number of amides is 6. The molecule has 3 aliphatic heterocycles. The Morgan fingerprint density at radius 3 is 2.24 bits per heavy atom. The van der Waals surface area contributed by atoms with Crippen LogP contribution in [0.3, 0.4) is 0 Å². The number of nitrogens with one attached hydrogen (secondary N) is 6. The van der Waals surface area contributed by atoms with E-state index in [1.54, 1.807) is 30.5 Å². The number of carbonyl (C=O) groups excluding carboxylic acids is 8. The van der Waals surface area contributed by atoms with Gasteiger partial charge in [0.05, 0.1) is 55.9 Å². The number of hydrogen-bond donors (Lipinski definition) is 11. The van der Waals surface area contributed by atoms with Crippen LogP contribution in [0.2, 0.25) is 0 Å². The smallest absolute Gasteiger partial charge is 0.308 e. The lowest BCUT2D eigenvalue weighted by atomic mass is 9.99. The van der Waals surface area contributed by atoms with Crippen LogP contribution in [0.4, 0.5) is 0 Å². The van der Waals surface area contributed by atoms with Crippen molar-refractivity contribution >= 4 is 132 Å². The van der Waals surface area contributed by atoms with Crippen molar-refractivity contribution in [3.05, 3.63) is 118 Å². The molecular formula is C61H61N13O19S6. The Morgan fingerprint density at radius 2 is 1.54 bits per heavy atom. The molecule has 11 rings (SSSR count). The van der Waals surface area contributed by atoms with Crippen molar-refractivity contribution in [3.8, 4) is 43.5 Å². The van der Waals surface area contributed by atoms with Crippen LogP contribution < -0.4 is 37.1 Å². The first-order valence-electron chi connectivity index (χ1n) is 29.6. The largest absolute Gasteiger partial charge is 0.506 e. The molecule has 7 aromatic heterocycles.